The van der Waals surface area contributed by atoms with Gasteiger partial charge in [0.2, 0.25) is 5.79 Å². The van der Waals surface area contributed by atoms with Crippen molar-refractivity contribution in [1.82, 2.24) is 19.7 Å². The number of fused-ring (bicyclic) bond motifs is 1. The fourth-order valence-electron chi connectivity index (χ4n) is 4.56. The van der Waals surface area contributed by atoms with Crippen LogP contribution in [0.15, 0.2) is 35.6 Å². The summed E-state index contributed by atoms with van der Waals surface area (Å²) in [6.45, 7) is 8.74. The SMILES string of the molecule is CCOc1cc(-c2nncn2CC)ccc1C1(N)N=Cc2cc(C)nc(NC3CCOCC3)c2N1. The highest BCUT2D eigenvalue weighted by atomic mass is 16.5. The molecule has 1 atom stereocenters. The molecule has 3 aromatic rings. The van der Waals surface area contributed by atoms with Gasteiger partial charge in [0.1, 0.15) is 12.1 Å². The van der Waals surface area contributed by atoms with Crippen LogP contribution in [0.5, 0.6) is 5.75 Å². The van der Waals surface area contributed by atoms with Crippen molar-refractivity contribution in [3.63, 3.8) is 0 Å². The first kappa shape index (κ1) is 23.3. The zero-order valence-corrected chi connectivity index (χ0v) is 20.4. The number of hydrogen-bond acceptors (Lipinski definition) is 9. The molecule has 2 aliphatic rings. The number of pyridine rings is 1. The van der Waals surface area contributed by atoms with Gasteiger partial charge in [-0.25, -0.2) is 9.98 Å². The summed E-state index contributed by atoms with van der Waals surface area (Å²) in [6.07, 6.45) is 5.40. The standard InChI is InChI=1S/C25H32N8O2/c1-4-33-15-28-32-24(33)17-6-7-20(21(13-17)35-5-2)25(26)27-14-18-12-16(3)29-23(22(18)31-25)30-19-8-10-34-11-9-19/h6-7,12-15,19,31H,4-5,8-11,26H2,1-3H3,(H,29,30). The molecule has 4 heterocycles. The molecule has 2 aliphatic heterocycles. The number of nitrogens with one attached hydrogen (secondary N) is 2. The van der Waals surface area contributed by atoms with E-state index in [0.717, 1.165) is 72.3 Å². The lowest BCUT2D eigenvalue weighted by Gasteiger charge is -2.34. The first-order valence-electron chi connectivity index (χ1n) is 12.1. The summed E-state index contributed by atoms with van der Waals surface area (Å²) in [6, 6.07) is 8.17. The van der Waals surface area contributed by atoms with E-state index in [9.17, 15) is 0 Å². The molecule has 4 N–H and O–H groups in total. The predicted molar refractivity (Wildman–Crippen MR) is 136 cm³/mol. The third kappa shape index (κ3) is 4.59. The highest BCUT2D eigenvalue weighted by Crippen LogP contribution is 2.39. The van der Waals surface area contributed by atoms with Gasteiger partial charge in [-0.2, -0.15) is 0 Å². The van der Waals surface area contributed by atoms with Gasteiger partial charge in [0.15, 0.2) is 11.6 Å². The van der Waals surface area contributed by atoms with E-state index in [2.05, 4.69) is 27.8 Å². The van der Waals surface area contributed by atoms with Gasteiger partial charge in [-0.3, -0.25) is 5.73 Å². The van der Waals surface area contributed by atoms with Gasteiger partial charge in [-0.15, -0.1) is 10.2 Å². The average molecular weight is 477 g/mol. The summed E-state index contributed by atoms with van der Waals surface area (Å²) in [5.74, 6) is 0.972. The highest BCUT2D eigenvalue weighted by Gasteiger charge is 2.35. The van der Waals surface area contributed by atoms with E-state index in [4.69, 9.17) is 25.2 Å². The van der Waals surface area contributed by atoms with E-state index in [0.29, 0.717) is 18.4 Å². The number of nitrogens with zero attached hydrogens (tertiary/aromatic N) is 5. The first-order valence-corrected chi connectivity index (χ1v) is 12.1. The van der Waals surface area contributed by atoms with E-state index < -0.39 is 5.79 Å². The summed E-state index contributed by atoms with van der Waals surface area (Å²) < 4.78 is 13.5. The maximum Gasteiger partial charge on any atom is 0.212 e. The summed E-state index contributed by atoms with van der Waals surface area (Å²) in [7, 11) is 0. The van der Waals surface area contributed by atoms with Crippen molar-refractivity contribution < 1.29 is 9.47 Å². The Morgan fingerprint density at radius 3 is 2.86 bits per heavy atom. The molecule has 35 heavy (non-hydrogen) atoms. The molecule has 2 aromatic heterocycles. The Bertz CT molecular complexity index is 1230. The van der Waals surface area contributed by atoms with Crippen LogP contribution in [0.25, 0.3) is 11.4 Å². The smallest absolute Gasteiger partial charge is 0.212 e. The van der Waals surface area contributed by atoms with Crippen molar-refractivity contribution >= 4 is 17.7 Å². The Labute approximate surface area is 205 Å². The van der Waals surface area contributed by atoms with Crippen LogP contribution >= 0.6 is 0 Å². The molecule has 0 saturated carbocycles. The maximum atomic E-state index is 6.89. The summed E-state index contributed by atoms with van der Waals surface area (Å²) in [4.78, 5) is 9.51. The van der Waals surface area contributed by atoms with E-state index in [1.165, 1.54) is 0 Å². The molecule has 0 radical (unpaired) electrons. The number of rotatable bonds is 7. The van der Waals surface area contributed by atoms with Gasteiger partial charge in [0.25, 0.3) is 0 Å². The Hall–Kier alpha value is -3.50. The van der Waals surface area contributed by atoms with Crippen LogP contribution in [0.1, 0.15) is 43.5 Å². The van der Waals surface area contributed by atoms with E-state index in [-0.39, 0.29) is 0 Å². The number of aromatic nitrogens is 4. The van der Waals surface area contributed by atoms with Crippen LogP contribution in [0.4, 0.5) is 11.5 Å². The molecule has 5 rings (SSSR count). The van der Waals surface area contributed by atoms with Crippen molar-refractivity contribution in [2.24, 2.45) is 10.7 Å². The minimum absolute atomic E-state index is 0.296. The van der Waals surface area contributed by atoms with Crippen LogP contribution in [-0.4, -0.2) is 51.8 Å². The molecule has 0 aliphatic carbocycles. The number of hydrogen-bond donors (Lipinski definition) is 3. The average Bonchev–Trinajstić information content (AvgIpc) is 3.34. The lowest BCUT2D eigenvalue weighted by atomic mass is 10.0. The van der Waals surface area contributed by atoms with Crippen LogP contribution in [-0.2, 0) is 17.1 Å². The van der Waals surface area contributed by atoms with Crippen molar-refractivity contribution in [3.05, 3.63) is 47.4 Å². The van der Waals surface area contributed by atoms with E-state index >= 15 is 0 Å². The molecule has 10 heteroatoms. The lowest BCUT2D eigenvalue weighted by Crippen LogP contribution is -2.45. The van der Waals surface area contributed by atoms with Crippen molar-refractivity contribution in [2.45, 2.75) is 52.0 Å². The number of aliphatic imine (C=N–C) groups is 1. The Morgan fingerprint density at radius 1 is 1.26 bits per heavy atom. The molecule has 0 bridgehead atoms. The van der Waals surface area contributed by atoms with Crippen LogP contribution in [0.3, 0.4) is 0 Å². The van der Waals surface area contributed by atoms with Gasteiger partial charge >= 0.3 is 0 Å². The fourth-order valence-corrected chi connectivity index (χ4v) is 4.56. The highest BCUT2D eigenvalue weighted by molar-refractivity contribution is 5.94. The normalized spacial score (nSPS) is 19.8. The van der Waals surface area contributed by atoms with Gasteiger partial charge in [0, 0.05) is 48.8 Å². The van der Waals surface area contributed by atoms with Gasteiger partial charge < -0.3 is 24.7 Å². The molecule has 1 fully saturated rings. The van der Waals surface area contributed by atoms with Crippen molar-refractivity contribution in [3.8, 4) is 17.1 Å². The zero-order chi connectivity index (χ0) is 24.4. The topological polar surface area (TPSA) is 125 Å². The second-order valence-electron chi connectivity index (χ2n) is 8.84. The molecular formula is C25H32N8O2. The fraction of sp³-hybridized carbons (Fsp3) is 0.440. The minimum Gasteiger partial charge on any atom is -0.493 e. The molecule has 10 nitrogen and oxygen atoms in total. The number of aryl methyl sites for hydroxylation is 2. The van der Waals surface area contributed by atoms with E-state index in [1.54, 1.807) is 6.33 Å². The second kappa shape index (κ2) is 9.63. The molecule has 1 aromatic carbocycles. The van der Waals surface area contributed by atoms with Gasteiger partial charge in [0.05, 0.1) is 17.9 Å². The van der Waals surface area contributed by atoms with E-state index in [1.807, 2.05) is 48.9 Å². The summed E-state index contributed by atoms with van der Waals surface area (Å²) in [5, 5.41) is 15.4. The number of benzene rings is 1. The maximum absolute atomic E-state index is 6.89. The third-order valence-corrected chi connectivity index (χ3v) is 6.37. The molecule has 1 saturated heterocycles. The van der Waals surface area contributed by atoms with Crippen molar-refractivity contribution in [2.75, 3.05) is 30.5 Å². The minimum atomic E-state index is -1.22. The Balaban J connectivity index is 1.51. The number of ether oxygens (including phenoxy) is 2. The van der Waals surface area contributed by atoms with Crippen molar-refractivity contribution in [1.29, 1.82) is 0 Å². The number of nitrogens with two attached hydrogens (primary N) is 1. The Kier molecular flexibility index (Phi) is 6.40. The Morgan fingerprint density at radius 2 is 2.09 bits per heavy atom. The van der Waals surface area contributed by atoms with Gasteiger partial charge in [-0.05, 0) is 51.8 Å². The summed E-state index contributed by atoms with van der Waals surface area (Å²) >= 11 is 0. The predicted octanol–water partition coefficient (Wildman–Crippen LogP) is 3.27. The van der Waals surface area contributed by atoms with Crippen LogP contribution in [0, 0.1) is 6.92 Å². The number of anilines is 2. The van der Waals surface area contributed by atoms with Gasteiger partial charge in [-0.1, -0.05) is 6.07 Å². The molecule has 1 unspecified atom stereocenters. The molecule has 184 valence electrons. The third-order valence-electron chi connectivity index (χ3n) is 6.37. The molecular weight excluding hydrogens is 444 g/mol. The van der Waals surface area contributed by atoms with Crippen LogP contribution < -0.4 is 21.1 Å². The lowest BCUT2D eigenvalue weighted by molar-refractivity contribution is 0.0904. The monoisotopic (exact) mass is 476 g/mol. The zero-order valence-electron chi connectivity index (χ0n) is 20.4. The van der Waals surface area contributed by atoms with Crippen LogP contribution in [0.2, 0.25) is 0 Å². The molecule has 0 amide bonds. The molecule has 0 spiro atoms. The largest absolute Gasteiger partial charge is 0.493 e. The first-order chi connectivity index (χ1) is 17.0. The second-order valence-corrected chi connectivity index (χ2v) is 8.84. The summed E-state index contributed by atoms with van der Waals surface area (Å²) in [5.41, 5.74) is 11.2. The quantitative estimate of drug-likeness (QED) is 0.475.